The summed E-state index contributed by atoms with van der Waals surface area (Å²) < 4.78 is 1.08. The van der Waals surface area contributed by atoms with Gasteiger partial charge in [-0.3, -0.25) is 0 Å². The maximum atomic E-state index is 11.6. The third kappa shape index (κ3) is 2.32. The fourth-order valence-corrected chi connectivity index (χ4v) is 3.57. The first-order valence-corrected chi connectivity index (χ1v) is 7.50. The Hall–Kier alpha value is -2.20. The Kier molecular flexibility index (Phi) is 3.26. The Morgan fingerprint density at radius 3 is 2.52 bits per heavy atom. The average Bonchev–Trinajstić information content (AvgIpc) is 2.83. The van der Waals surface area contributed by atoms with Crippen molar-refractivity contribution < 1.29 is 9.90 Å². The second kappa shape index (κ2) is 4.97. The Bertz CT molecular complexity index is 865. The highest BCUT2D eigenvalue weighted by atomic mass is 32.1. The number of hydrogen-bond acceptors (Lipinski definition) is 3. The molecule has 1 heterocycles. The highest BCUT2D eigenvalue weighted by Gasteiger charge is 2.19. The van der Waals surface area contributed by atoms with Crippen molar-refractivity contribution in [1.29, 1.82) is 0 Å². The summed E-state index contributed by atoms with van der Waals surface area (Å²) in [6.45, 7) is 5.78. The molecule has 0 unspecified atom stereocenters. The number of thiazole rings is 1. The van der Waals surface area contributed by atoms with Gasteiger partial charge in [0.15, 0.2) is 0 Å². The van der Waals surface area contributed by atoms with Crippen LogP contribution in [0.15, 0.2) is 30.3 Å². The summed E-state index contributed by atoms with van der Waals surface area (Å²) >= 11 is 1.54. The number of hydrogen-bond donors (Lipinski definition) is 1. The summed E-state index contributed by atoms with van der Waals surface area (Å²) in [5.41, 5.74) is 4.87. The largest absolute Gasteiger partial charge is 0.478 e. The Labute approximate surface area is 126 Å². The highest BCUT2D eigenvalue weighted by molar-refractivity contribution is 7.21. The minimum Gasteiger partial charge on any atom is -0.478 e. The first-order valence-electron chi connectivity index (χ1n) is 6.68. The summed E-state index contributed by atoms with van der Waals surface area (Å²) in [6.07, 6.45) is 0. The van der Waals surface area contributed by atoms with E-state index in [4.69, 9.17) is 0 Å². The van der Waals surface area contributed by atoms with Crippen molar-refractivity contribution >= 4 is 27.5 Å². The number of carboxylic acids is 1. The number of fused-ring (bicyclic) bond motifs is 1. The lowest BCUT2D eigenvalue weighted by atomic mass is 9.97. The van der Waals surface area contributed by atoms with Gasteiger partial charge in [0.2, 0.25) is 0 Å². The molecule has 0 saturated carbocycles. The van der Waals surface area contributed by atoms with Crippen LogP contribution in [-0.4, -0.2) is 16.1 Å². The molecule has 0 aliphatic heterocycles. The van der Waals surface area contributed by atoms with Crippen LogP contribution in [0.2, 0.25) is 0 Å². The van der Waals surface area contributed by atoms with Gasteiger partial charge in [-0.2, -0.15) is 0 Å². The van der Waals surface area contributed by atoms with Crippen molar-refractivity contribution in [2.24, 2.45) is 0 Å². The molecule has 1 aromatic heterocycles. The molecule has 0 atom stereocenters. The van der Waals surface area contributed by atoms with Gasteiger partial charge in [0, 0.05) is 5.56 Å². The van der Waals surface area contributed by atoms with E-state index >= 15 is 0 Å². The van der Waals surface area contributed by atoms with E-state index < -0.39 is 5.97 Å². The van der Waals surface area contributed by atoms with Crippen LogP contribution in [0.3, 0.4) is 0 Å². The molecule has 0 amide bonds. The van der Waals surface area contributed by atoms with Crippen molar-refractivity contribution in [3.63, 3.8) is 0 Å². The van der Waals surface area contributed by atoms with E-state index in [1.54, 1.807) is 0 Å². The lowest BCUT2D eigenvalue weighted by molar-refractivity contribution is 0.0697. The normalized spacial score (nSPS) is 11.0. The number of benzene rings is 2. The molecule has 0 saturated heterocycles. The zero-order valence-electron chi connectivity index (χ0n) is 12.1. The number of aromatic carboxylic acids is 1. The molecule has 3 nitrogen and oxygen atoms in total. The van der Waals surface area contributed by atoms with Gasteiger partial charge in [-0.15, -0.1) is 11.3 Å². The summed E-state index contributed by atoms with van der Waals surface area (Å²) in [5.74, 6) is -0.901. The van der Waals surface area contributed by atoms with Crippen LogP contribution in [0, 0.1) is 20.8 Å². The first kappa shape index (κ1) is 13.8. The van der Waals surface area contributed by atoms with Gasteiger partial charge in [-0.05, 0) is 49.6 Å². The van der Waals surface area contributed by atoms with Crippen molar-refractivity contribution in [1.82, 2.24) is 4.98 Å². The molecule has 0 spiro atoms. The molecule has 21 heavy (non-hydrogen) atoms. The molecule has 4 heteroatoms. The summed E-state index contributed by atoms with van der Waals surface area (Å²) in [6, 6.07) is 9.91. The van der Waals surface area contributed by atoms with E-state index in [0.717, 1.165) is 37.5 Å². The molecule has 1 N–H and O–H groups in total. The van der Waals surface area contributed by atoms with Crippen LogP contribution in [0.4, 0.5) is 0 Å². The Morgan fingerprint density at radius 2 is 1.81 bits per heavy atom. The number of carbonyl (C=O) groups is 1. The summed E-state index contributed by atoms with van der Waals surface area (Å²) in [5, 5.41) is 10.3. The monoisotopic (exact) mass is 297 g/mol. The zero-order valence-corrected chi connectivity index (χ0v) is 12.9. The minimum atomic E-state index is -0.901. The Balaban J connectivity index is 2.32. The molecule has 3 rings (SSSR count). The topological polar surface area (TPSA) is 50.2 Å². The number of aryl methyl sites for hydroxylation is 3. The zero-order chi connectivity index (χ0) is 15.1. The van der Waals surface area contributed by atoms with E-state index in [1.165, 1.54) is 11.3 Å². The van der Waals surface area contributed by atoms with Gasteiger partial charge in [-0.25, -0.2) is 9.78 Å². The second-order valence-electron chi connectivity index (χ2n) is 5.24. The lowest BCUT2D eigenvalue weighted by Gasteiger charge is -2.09. The fourth-order valence-electron chi connectivity index (χ4n) is 2.51. The highest BCUT2D eigenvalue weighted by Crippen LogP contribution is 2.35. The maximum Gasteiger partial charge on any atom is 0.336 e. The first-order chi connectivity index (χ1) is 9.97. The van der Waals surface area contributed by atoms with Crippen LogP contribution >= 0.6 is 11.3 Å². The van der Waals surface area contributed by atoms with Gasteiger partial charge in [0.25, 0.3) is 0 Å². The molecule has 0 bridgehead atoms. The lowest BCUT2D eigenvalue weighted by Crippen LogP contribution is -2.04. The van der Waals surface area contributed by atoms with E-state index in [-0.39, 0.29) is 0 Å². The summed E-state index contributed by atoms with van der Waals surface area (Å²) in [4.78, 5) is 16.3. The van der Waals surface area contributed by atoms with Gasteiger partial charge < -0.3 is 5.11 Å². The standard InChI is InChI=1S/C17H15NO2S/c1-9-4-7-13-12(8-9)18-16(21-13)14-10(2)5-6-11(3)15(14)17(19)20/h4-8H,1-3H3,(H,19,20). The number of carboxylic acid groups (broad SMARTS) is 1. The second-order valence-corrected chi connectivity index (χ2v) is 6.28. The molecule has 3 aromatic rings. The van der Waals surface area contributed by atoms with E-state index in [0.29, 0.717) is 5.56 Å². The minimum absolute atomic E-state index is 0.353. The third-order valence-corrected chi connectivity index (χ3v) is 4.65. The molecular weight excluding hydrogens is 282 g/mol. The van der Waals surface area contributed by atoms with Crippen LogP contribution in [0.25, 0.3) is 20.8 Å². The molecule has 0 radical (unpaired) electrons. The van der Waals surface area contributed by atoms with Gasteiger partial charge in [-0.1, -0.05) is 18.2 Å². The third-order valence-electron chi connectivity index (χ3n) is 3.59. The molecule has 0 aliphatic rings. The molecule has 0 aliphatic carbocycles. The maximum absolute atomic E-state index is 11.6. The predicted octanol–water partition coefficient (Wildman–Crippen LogP) is 4.59. The average molecular weight is 297 g/mol. The SMILES string of the molecule is Cc1ccc2sc(-c3c(C)ccc(C)c3C(=O)O)nc2c1. The molecule has 0 fully saturated rings. The Morgan fingerprint density at radius 1 is 1.10 bits per heavy atom. The number of aromatic nitrogens is 1. The van der Waals surface area contributed by atoms with Crippen molar-refractivity contribution in [2.45, 2.75) is 20.8 Å². The van der Waals surface area contributed by atoms with E-state index in [2.05, 4.69) is 4.98 Å². The molecule has 106 valence electrons. The van der Waals surface area contributed by atoms with Crippen LogP contribution in [0.5, 0.6) is 0 Å². The molecular formula is C17H15NO2S. The van der Waals surface area contributed by atoms with Crippen molar-refractivity contribution in [2.75, 3.05) is 0 Å². The predicted molar refractivity (Wildman–Crippen MR) is 86.2 cm³/mol. The smallest absolute Gasteiger partial charge is 0.336 e. The number of rotatable bonds is 2. The quantitative estimate of drug-likeness (QED) is 0.752. The van der Waals surface area contributed by atoms with Crippen molar-refractivity contribution in [3.8, 4) is 10.6 Å². The van der Waals surface area contributed by atoms with Crippen molar-refractivity contribution in [3.05, 3.63) is 52.6 Å². The summed E-state index contributed by atoms with van der Waals surface area (Å²) in [7, 11) is 0. The van der Waals surface area contributed by atoms with E-state index in [1.807, 2.05) is 51.1 Å². The van der Waals surface area contributed by atoms with Gasteiger partial charge >= 0.3 is 5.97 Å². The van der Waals surface area contributed by atoms with Crippen LogP contribution < -0.4 is 0 Å². The van der Waals surface area contributed by atoms with E-state index in [9.17, 15) is 9.90 Å². The van der Waals surface area contributed by atoms with Gasteiger partial charge in [0.05, 0.1) is 15.8 Å². The molecule has 2 aromatic carbocycles. The number of nitrogens with zero attached hydrogens (tertiary/aromatic N) is 1. The van der Waals surface area contributed by atoms with Crippen LogP contribution in [0.1, 0.15) is 27.0 Å². The van der Waals surface area contributed by atoms with Crippen LogP contribution in [-0.2, 0) is 0 Å². The van der Waals surface area contributed by atoms with Gasteiger partial charge in [0.1, 0.15) is 5.01 Å². The fraction of sp³-hybridized carbons (Fsp3) is 0.176.